The second-order valence-electron chi connectivity index (χ2n) is 2.28. The van der Waals surface area contributed by atoms with Crippen molar-refractivity contribution in [3.05, 3.63) is 35.9 Å². The van der Waals surface area contributed by atoms with Gasteiger partial charge in [-0.15, -0.1) is 0 Å². The van der Waals surface area contributed by atoms with E-state index < -0.39 is 22.1 Å². The predicted molar refractivity (Wildman–Crippen MR) is 59.3 cm³/mol. The van der Waals surface area contributed by atoms with Gasteiger partial charge in [-0.1, -0.05) is 41.9 Å². The quantitative estimate of drug-likeness (QED) is 0.494. The van der Waals surface area contributed by atoms with E-state index >= 15 is 0 Å². The molecule has 88 valence electrons. The summed E-state index contributed by atoms with van der Waals surface area (Å²) in [6.45, 7) is 0. The Balaban J connectivity index is 0. The number of rotatable bonds is 3. The average Bonchev–Trinajstić information content (AvgIpc) is 2.17. The summed E-state index contributed by atoms with van der Waals surface area (Å²) in [4.78, 5) is 18.5. The van der Waals surface area contributed by atoms with Gasteiger partial charge in [0.05, 0.1) is 0 Å². The number of hydrogen-bond donors (Lipinski definition) is 1. The van der Waals surface area contributed by atoms with Gasteiger partial charge in [0, 0.05) is 0 Å². The van der Waals surface area contributed by atoms with Crippen LogP contribution in [-0.2, 0) is 13.4 Å². The van der Waals surface area contributed by atoms with Crippen molar-refractivity contribution in [2.75, 3.05) is 0 Å². The zero-order valence-electron chi connectivity index (χ0n) is 8.43. The first-order valence-corrected chi connectivity index (χ1v) is 6.40. The molecule has 0 saturated heterocycles. The molecule has 1 aromatic carbocycles. The Hall–Kier alpha value is 0.810. The number of benzene rings is 1. The molecule has 10 heteroatoms. The molecule has 0 aliphatic heterocycles. The first kappa shape index (κ1) is 20.1. The van der Waals surface area contributed by atoms with E-state index in [0.717, 1.165) is 5.56 Å². The van der Waals surface area contributed by atoms with Gasteiger partial charge >= 0.3 is 54.2 Å². The number of aliphatic hydroxyl groups is 1. The minimum atomic E-state index is -3.24. The maximum absolute atomic E-state index is 9.24. The van der Waals surface area contributed by atoms with E-state index in [2.05, 4.69) is 4.31 Å². The standard InChI is InChI=1S/C7H7ClO.Ca.O5P2/c8-7(9)6-4-2-1-3-5-6;;1-6(2)5-7(3)4/h1-5,7,9H;;/q;+2;. The van der Waals surface area contributed by atoms with Gasteiger partial charge in [-0.2, -0.15) is 0 Å². The molecule has 3 atom stereocenters. The van der Waals surface area contributed by atoms with Crippen molar-refractivity contribution < 1.29 is 28.3 Å². The van der Waals surface area contributed by atoms with Crippen molar-refractivity contribution in [3.63, 3.8) is 0 Å². The number of aliphatic hydroxyl groups excluding tert-OH is 1. The van der Waals surface area contributed by atoms with Gasteiger partial charge in [0.2, 0.25) is 0 Å². The van der Waals surface area contributed by atoms with Crippen LogP contribution >= 0.6 is 28.1 Å². The maximum Gasteiger partial charge on any atom is 2.00 e. The molecule has 0 amide bonds. The SMILES string of the molecule is O=[P+]([O-])O[P+](=O)[O-].OC(Cl)c1ccccc1.[Ca+2]. The van der Waals surface area contributed by atoms with Crippen LogP contribution in [0.15, 0.2) is 30.3 Å². The van der Waals surface area contributed by atoms with Crippen LogP contribution in [0.4, 0.5) is 0 Å². The third-order valence-corrected chi connectivity index (χ3v) is 2.53. The van der Waals surface area contributed by atoms with Gasteiger partial charge in [0.1, 0.15) is 4.31 Å². The average molecular weight is 325 g/mol. The van der Waals surface area contributed by atoms with Crippen LogP contribution in [-0.4, -0.2) is 42.8 Å². The van der Waals surface area contributed by atoms with Crippen molar-refractivity contribution in [1.29, 1.82) is 0 Å². The third-order valence-electron chi connectivity index (χ3n) is 1.21. The molecule has 0 radical (unpaired) electrons. The molecule has 3 unspecified atom stereocenters. The Kier molecular flexibility index (Phi) is 14.1. The molecular formula is C7H7CaClO6P2+2. The first-order valence-electron chi connectivity index (χ1n) is 3.77. The summed E-state index contributed by atoms with van der Waals surface area (Å²) in [7, 11) is -6.47. The number of alkyl halides is 1. The summed E-state index contributed by atoms with van der Waals surface area (Å²) >= 11 is 5.36. The van der Waals surface area contributed by atoms with Gasteiger partial charge in [0.15, 0.2) is 5.56 Å². The van der Waals surface area contributed by atoms with E-state index in [1.54, 1.807) is 12.1 Å². The van der Waals surface area contributed by atoms with Crippen molar-refractivity contribution in [3.8, 4) is 0 Å². The molecule has 0 bridgehead atoms. The van der Waals surface area contributed by atoms with Crippen molar-refractivity contribution in [2.24, 2.45) is 0 Å². The Bertz CT molecular complexity index is 337. The second kappa shape index (κ2) is 11.9. The molecule has 1 aromatic rings. The van der Waals surface area contributed by atoms with Crippen molar-refractivity contribution in [1.82, 2.24) is 0 Å². The Morgan fingerprint density at radius 2 is 1.59 bits per heavy atom. The second-order valence-corrected chi connectivity index (χ2v) is 4.24. The molecule has 0 spiro atoms. The summed E-state index contributed by atoms with van der Waals surface area (Å²) < 4.78 is 21.6. The zero-order valence-corrected chi connectivity index (χ0v) is 13.2. The van der Waals surface area contributed by atoms with E-state index in [1.165, 1.54) is 0 Å². The van der Waals surface area contributed by atoms with Gasteiger partial charge in [-0.3, -0.25) is 0 Å². The molecule has 17 heavy (non-hydrogen) atoms. The molecule has 1 rings (SSSR count). The normalized spacial score (nSPS) is 12.5. The Morgan fingerprint density at radius 1 is 1.18 bits per heavy atom. The Labute approximate surface area is 134 Å². The summed E-state index contributed by atoms with van der Waals surface area (Å²) in [6.07, 6.45) is 0. The van der Waals surface area contributed by atoms with Gasteiger partial charge in [0.25, 0.3) is 0 Å². The van der Waals surface area contributed by atoms with E-state index in [4.69, 9.17) is 16.7 Å². The Morgan fingerprint density at radius 3 is 1.76 bits per heavy atom. The molecule has 0 fully saturated rings. The minimum absolute atomic E-state index is 0. The zero-order chi connectivity index (χ0) is 12.6. The molecule has 0 aliphatic rings. The van der Waals surface area contributed by atoms with Crippen LogP contribution < -0.4 is 9.79 Å². The van der Waals surface area contributed by atoms with E-state index in [1.807, 2.05) is 18.2 Å². The smallest absolute Gasteiger partial charge is 0.563 e. The molecule has 1 N–H and O–H groups in total. The van der Waals surface area contributed by atoms with Gasteiger partial charge in [-0.25, -0.2) is 0 Å². The molecule has 6 nitrogen and oxygen atoms in total. The summed E-state index contributed by atoms with van der Waals surface area (Å²) in [5.41, 5.74) is -0.134. The topological polar surface area (TPSA) is 110 Å². The van der Waals surface area contributed by atoms with Gasteiger partial charge in [-0.05, 0) is 14.7 Å². The molecule has 0 aliphatic carbocycles. The monoisotopic (exact) mass is 324 g/mol. The summed E-state index contributed by atoms with van der Waals surface area (Å²) in [6, 6.07) is 9.10. The fourth-order valence-corrected chi connectivity index (χ4v) is 1.25. The predicted octanol–water partition coefficient (Wildman–Crippen LogP) is 0.574. The molecule has 0 saturated carbocycles. The van der Waals surface area contributed by atoms with Gasteiger partial charge < -0.3 is 14.9 Å². The van der Waals surface area contributed by atoms with Crippen LogP contribution in [0.3, 0.4) is 0 Å². The molecule has 0 aromatic heterocycles. The van der Waals surface area contributed by atoms with Crippen LogP contribution in [0.5, 0.6) is 0 Å². The van der Waals surface area contributed by atoms with E-state index in [0.29, 0.717) is 0 Å². The first-order chi connectivity index (χ1) is 7.43. The van der Waals surface area contributed by atoms with Crippen LogP contribution in [0.1, 0.15) is 11.1 Å². The van der Waals surface area contributed by atoms with Crippen molar-refractivity contribution in [2.45, 2.75) is 5.56 Å². The fraction of sp³-hybridized carbons (Fsp3) is 0.143. The number of halogens is 1. The largest absolute Gasteiger partial charge is 2.00 e. The maximum atomic E-state index is 9.24. The summed E-state index contributed by atoms with van der Waals surface area (Å²) in [5, 5.41) is 8.79. The van der Waals surface area contributed by atoms with E-state index in [9.17, 15) is 18.9 Å². The molecular weight excluding hydrogens is 318 g/mol. The third kappa shape index (κ3) is 13.0. The van der Waals surface area contributed by atoms with Crippen LogP contribution in [0.2, 0.25) is 0 Å². The summed E-state index contributed by atoms with van der Waals surface area (Å²) in [5.74, 6) is 0. The van der Waals surface area contributed by atoms with Crippen LogP contribution in [0.25, 0.3) is 0 Å². The minimum Gasteiger partial charge on any atom is -0.563 e. The van der Waals surface area contributed by atoms with Crippen molar-refractivity contribution >= 4 is 65.8 Å². The van der Waals surface area contributed by atoms with E-state index in [-0.39, 0.29) is 37.7 Å². The number of hydrogen-bond acceptors (Lipinski definition) is 6. The molecule has 0 heterocycles. The fourth-order valence-electron chi connectivity index (χ4n) is 0.666. The van der Waals surface area contributed by atoms with Crippen LogP contribution in [0, 0.1) is 0 Å².